The smallest absolute Gasteiger partial charge is 0.276 e. The number of hydrogen-bond donors (Lipinski definition) is 3. The first-order chi connectivity index (χ1) is 13.4. The van der Waals surface area contributed by atoms with Gasteiger partial charge >= 0.3 is 0 Å². The average Bonchev–Trinajstić information content (AvgIpc) is 3.04. The van der Waals surface area contributed by atoms with Crippen LogP contribution in [0.4, 0.5) is 0 Å². The Bertz CT molecular complexity index is 979. The molecule has 1 fully saturated rings. The van der Waals surface area contributed by atoms with Crippen molar-refractivity contribution in [3.05, 3.63) is 64.2 Å². The number of rotatable bonds is 2. The summed E-state index contributed by atoms with van der Waals surface area (Å²) in [6.07, 6.45) is 3.12. The van der Waals surface area contributed by atoms with Crippen molar-refractivity contribution in [3.8, 4) is 5.75 Å². The monoisotopic (exact) mass is 379 g/mol. The summed E-state index contributed by atoms with van der Waals surface area (Å²) in [5.74, 6) is -1.94. The highest BCUT2D eigenvalue weighted by molar-refractivity contribution is 6.10. The van der Waals surface area contributed by atoms with Crippen LogP contribution in [0.25, 0.3) is 0 Å². The summed E-state index contributed by atoms with van der Waals surface area (Å²) in [6, 6.07) is 10.9. The van der Waals surface area contributed by atoms with Crippen molar-refractivity contribution in [1.29, 1.82) is 0 Å². The van der Waals surface area contributed by atoms with Gasteiger partial charge in [-0.25, -0.2) is 0 Å². The first-order valence-electron chi connectivity index (χ1n) is 10.1. The zero-order valence-electron chi connectivity index (χ0n) is 16.2. The van der Waals surface area contributed by atoms with Crippen LogP contribution < -0.4 is 10.1 Å². The Morgan fingerprint density at radius 1 is 1.14 bits per heavy atom. The second-order valence-electron chi connectivity index (χ2n) is 8.47. The van der Waals surface area contributed by atoms with Crippen molar-refractivity contribution in [1.82, 2.24) is 5.32 Å². The van der Waals surface area contributed by atoms with Gasteiger partial charge in [0.05, 0.1) is 0 Å². The van der Waals surface area contributed by atoms with Crippen molar-refractivity contribution < 1.29 is 19.7 Å². The molecule has 1 aliphatic carbocycles. The maximum Gasteiger partial charge on any atom is 0.276 e. The van der Waals surface area contributed by atoms with Crippen molar-refractivity contribution in [2.75, 3.05) is 6.54 Å². The summed E-state index contributed by atoms with van der Waals surface area (Å²) in [5, 5.41) is 26.5. The number of piperidine rings is 1. The summed E-state index contributed by atoms with van der Waals surface area (Å²) >= 11 is 0. The van der Waals surface area contributed by atoms with Crippen LogP contribution >= 0.6 is 0 Å². The quantitative estimate of drug-likeness (QED) is 0.747. The highest BCUT2D eigenvalue weighted by Crippen LogP contribution is 2.59. The number of aliphatic hydroxyl groups is 2. The molecule has 0 spiro atoms. The van der Waals surface area contributed by atoms with Crippen LogP contribution in [0.1, 0.15) is 77.7 Å². The Morgan fingerprint density at radius 3 is 2.68 bits per heavy atom. The van der Waals surface area contributed by atoms with Crippen LogP contribution in [-0.4, -0.2) is 22.5 Å². The van der Waals surface area contributed by atoms with Crippen LogP contribution in [0.15, 0.2) is 36.4 Å². The number of carbonyl (C=O) groups excluding carboxylic acids is 1. The molecule has 5 rings (SSSR count). The molecule has 3 unspecified atom stereocenters. The van der Waals surface area contributed by atoms with Gasteiger partial charge in [-0.15, -0.1) is 0 Å². The lowest BCUT2D eigenvalue weighted by Crippen LogP contribution is -2.48. The molecule has 146 valence electrons. The fourth-order valence-electron chi connectivity index (χ4n) is 4.92. The molecule has 0 aromatic heterocycles. The summed E-state index contributed by atoms with van der Waals surface area (Å²) in [4.78, 5) is 13.5. The third kappa shape index (κ3) is 2.10. The lowest BCUT2D eigenvalue weighted by molar-refractivity contribution is -0.224. The van der Waals surface area contributed by atoms with E-state index >= 15 is 0 Å². The maximum absolute atomic E-state index is 13.5. The first kappa shape index (κ1) is 17.9. The van der Waals surface area contributed by atoms with Crippen LogP contribution in [0.3, 0.4) is 0 Å². The van der Waals surface area contributed by atoms with Crippen molar-refractivity contribution in [3.63, 3.8) is 0 Å². The summed E-state index contributed by atoms with van der Waals surface area (Å²) in [6.45, 7) is 5.02. The fourth-order valence-corrected chi connectivity index (χ4v) is 4.92. The highest BCUT2D eigenvalue weighted by atomic mass is 16.7. The predicted octanol–water partition coefficient (Wildman–Crippen LogP) is 3.25. The van der Waals surface area contributed by atoms with Crippen molar-refractivity contribution in [2.45, 2.75) is 56.5 Å². The Morgan fingerprint density at radius 2 is 1.96 bits per heavy atom. The topological polar surface area (TPSA) is 78.8 Å². The zero-order chi connectivity index (χ0) is 19.7. The molecule has 2 aromatic carbocycles. The van der Waals surface area contributed by atoms with Crippen LogP contribution in [-0.2, 0) is 11.4 Å². The lowest BCUT2D eigenvalue weighted by Gasteiger charge is -2.28. The SMILES string of the molecule is CC(C)c1ccc2c(c1)OC1(O)c3cccc(C4CCCCN4)c3C(=O)C21O. The number of fused-ring (bicyclic) bond motifs is 5. The maximum atomic E-state index is 13.5. The van der Waals surface area contributed by atoms with Gasteiger partial charge in [0.1, 0.15) is 5.75 Å². The molecule has 28 heavy (non-hydrogen) atoms. The molecule has 2 aromatic rings. The van der Waals surface area contributed by atoms with Gasteiger partial charge in [-0.2, -0.15) is 0 Å². The van der Waals surface area contributed by atoms with Gasteiger partial charge in [0, 0.05) is 22.7 Å². The summed E-state index contributed by atoms with van der Waals surface area (Å²) < 4.78 is 5.92. The Hall–Kier alpha value is -2.21. The van der Waals surface area contributed by atoms with E-state index in [-0.39, 0.29) is 12.0 Å². The number of ether oxygens (including phenoxy) is 1. The normalized spacial score (nSPS) is 30.8. The molecule has 0 saturated carbocycles. The molecule has 3 N–H and O–H groups in total. The van der Waals surface area contributed by atoms with E-state index in [0.717, 1.165) is 36.9 Å². The van der Waals surface area contributed by atoms with Gasteiger partial charge in [0.25, 0.3) is 5.79 Å². The second-order valence-corrected chi connectivity index (χ2v) is 8.47. The average molecular weight is 379 g/mol. The Balaban J connectivity index is 1.67. The minimum atomic E-state index is -2.12. The zero-order valence-corrected chi connectivity index (χ0v) is 16.2. The molecule has 2 heterocycles. The Kier molecular flexibility index (Phi) is 3.76. The molecule has 3 atom stereocenters. The predicted molar refractivity (Wildman–Crippen MR) is 104 cm³/mol. The van der Waals surface area contributed by atoms with Gasteiger partial charge in [-0.1, -0.05) is 50.6 Å². The van der Waals surface area contributed by atoms with E-state index in [4.69, 9.17) is 4.74 Å². The molecular weight excluding hydrogens is 354 g/mol. The van der Waals surface area contributed by atoms with E-state index in [0.29, 0.717) is 22.4 Å². The highest BCUT2D eigenvalue weighted by Gasteiger charge is 2.71. The summed E-state index contributed by atoms with van der Waals surface area (Å²) in [7, 11) is 0. The number of nitrogens with one attached hydrogen (secondary N) is 1. The number of carbonyl (C=O) groups is 1. The fraction of sp³-hybridized carbons (Fsp3) is 0.435. The third-order valence-corrected chi connectivity index (χ3v) is 6.51. The van der Waals surface area contributed by atoms with E-state index in [2.05, 4.69) is 19.2 Å². The van der Waals surface area contributed by atoms with E-state index in [1.807, 2.05) is 24.3 Å². The van der Waals surface area contributed by atoms with Crippen LogP contribution in [0, 0.1) is 0 Å². The molecule has 1 saturated heterocycles. The van der Waals surface area contributed by atoms with Gasteiger partial charge in [-0.3, -0.25) is 4.79 Å². The van der Waals surface area contributed by atoms with E-state index in [1.165, 1.54) is 0 Å². The van der Waals surface area contributed by atoms with Gasteiger partial charge in [0.15, 0.2) is 0 Å². The molecule has 5 nitrogen and oxygen atoms in total. The largest absolute Gasteiger partial charge is 0.454 e. The van der Waals surface area contributed by atoms with E-state index in [9.17, 15) is 15.0 Å². The van der Waals surface area contributed by atoms with Crippen LogP contribution in [0.2, 0.25) is 0 Å². The van der Waals surface area contributed by atoms with E-state index in [1.54, 1.807) is 12.1 Å². The van der Waals surface area contributed by atoms with E-state index < -0.39 is 17.2 Å². The molecule has 0 bridgehead atoms. The lowest BCUT2D eigenvalue weighted by atomic mass is 9.85. The molecule has 5 heteroatoms. The molecule has 2 aliphatic heterocycles. The van der Waals surface area contributed by atoms with Crippen molar-refractivity contribution >= 4 is 5.78 Å². The molecule has 0 radical (unpaired) electrons. The van der Waals surface area contributed by atoms with Gasteiger partial charge in [-0.05, 0) is 42.5 Å². The molecule has 0 amide bonds. The Labute approximate surface area is 164 Å². The number of hydrogen-bond acceptors (Lipinski definition) is 5. The minimum Gasteiger partial charge on any atom is -0.454 e. The second kappa shape index (κ2) is 5.89. The van der Waals surface area contributed by atoms with Crippen molar-refractivity contribution in [2.24, 2.45) is 0 Å². The number of benzene rings is 2. The van der Waals surface area contributed by atoms with Gasteiger partial charge < -0.3 is 20.3 Å². The van der Waals surface area contributed by atoms with Gasteiger partial charge in [0.2, 0.25) is 11.4 Å². The number of ketones is 1. The first-order valence-corrected chi connectivity index (χ1v) is 10.1. The third-order valence-electron chi connectivity index (χ3n) is 6.51. The summed E-state index contributed by atoms with van der Waals surface area (Å²) in [5.41, 5.74) is 0.826. The number of Topliss-reactive ketones (excluding diaryl/α,β-unsaturated/α-hetero) is 1. The molecular formula is C23H25NO4. The van der Waals surface area contributed by atoms with Crippen LogP contribution in [0.5, 0.6) is 5.75 Å². The molecule has 3 aliphatic rings. The standard InChI is InChI=1S/C23H25NO4/c1-13(2)14-9-10-16-19(12-14)28-23(27)17-7-5-6-15(18-8-3-4-11-24-18)20(17)21(25)22(16,23)26/h5-7,9-10,12-13,18,24,26-27H,3-4,8,11H2,1-2H3. The minimum absolute atomic E-state index is 0.0430.